The Morgan fingerprint density at radius 2 is 1.89 bits per heavy atom. The summed E-state index contributed by atoms with van der Waals surface area (Å²) in [7, 11) is 0. The molecule has 0 fully saturated rings. The minimum atomic E-state index is -0.847. The van der Waals surface area contributed by atoms with Crippen LogP contribution < -0.4 is 10.6 Å². The monoisotopic (exact) mass is 501 g/mol. The number of aliphatic hydroxyl groups excluding tert-OH is 1. The number of carbonyl (C=O) groups excluding carboxylic acids is 3. The van der Waals surface area contributed by atoms with E-state index in [-0.39, 0.29) is 30.1 Å². The number of nitrogens with zero attached hydrogens (tertiary/aromatic N) is 1. The fourth-order valence-electron chi connectivity index (χ4n) is 4.91. The zero-order valence-electron chi connectivity index (χ0n) is 22.9. The number of nitrogens with one attached hydrogen (secondary N) is 2. The first kappa shape index (κ1) is 29.8. The molecule has 0 aliphatic carbocycles. The highest BCUT2D eigenvalue weighted by Crippen LogP contribution is 2.22. The van der Waals surface area contributed by atoms with E-state index < -0.39 is 12.1 Å². The van der Waals surface area contributed by atoms with Crippen molar-refractivity contribution in [2.24, 2.45) is 11.8 Å². The van der Waals surface area contributed by atoms with E-state index in [1.54, 1.807) is 12.1 Å². The van der Waals surface area contributed by atoms with E-state index in [4.69, 9.17) is 0 Å². The first-order chi connectivity index (χ1) is 17.2. The van der Waals surface area contributed by atoms with Crippen molar-refractivity contribution in [1.29, 1.82) is 0 Å². The predicted molar refractivity (Wildman–Crippen MR) is 144 cm³/mol. The van der Waals surface area contributed by atoms with Gasteiger partial charge in [0.2, 0.25) is 5.91 Å². The summed E-state index contributed by atoms with van der Waals surface area (Å²) in [6.07, 6.45) is 5.99. The normalized spacial score (nSPS) is 21.7. The first-order valence-electron chi connectivity index (χ1n) is 13.8. The molecule has 1 aliphatic rings. The molecule has 2 bridgehead atoms. The van der Waals surface area contributed by atoms with Crippen LogP contribution in [0.15, 0.2) is 18.2 Å². The van der Waals surface area contributed by atoms with Crippen molar-refractivity contribution in [2.45, 2.75) is 98.1 Å². The van der Waals surface area contributed by atoms with Crippen LogP contribution in [0.1, 0.15) is 105 Å². The number of carbonyl (C=O) groups is 3. The van der Waals surface area contributed by atoms with Crippen molar-refractivity contribution in [2.75, 3.05) is 19.6 Å². The molecule has 3 amide bonds. The second kappa shape index (κ2) is 15.0. The van der Waals surface area contributed by atoms with Crippen LogP contribution in [-0.2, 0) is 4.79 Å². The summed E-state index contributed by atoms with van der Waals surface area (Å²) >= 11 is 0. The number of fused-ring (bicyclic) bond motifs is 2. The lowest BCUT2D eigenvalue weighted by Gasteiger charge is -2.28. The van der Waals surface area contributed by atoms with Gasteiger partial charge in [0.15, 0.2) is 0 Å². The Labute approximate surface area is 217 Å². The quantitative estimate of drug-likeness (QED) is 0.458. The molecular formula is C29H47N3O4. The van der Waals surface area contributed by atoms with Crippen LogP contribution in [0.5, 0.6) is 0 Å². The van der Waals surface area contributed by atoms with Gasteiger partial charge < -0.3 is 20.6 Å². The highest BCUT2D eigenvalue weighted by Gasteiger charge is 2.28. The Balaban J connectivity index is 2.25. The molecule has 4 atom stereocenters. The largest absolute Gasteiger partial charge is 0.391 e. The fraction of sp³-hybridized carbons (Fsp3) is 0.690. The van der Waals surface area contributed by atoms with Crippen molar-refractivity contribution in [1.82, 2.24) is 15.5 Å². The van der Waals surface area contributed by atoms with Crippen molar-refractivity contribution in [3.63, 3.8) is 0 Å². The maximum atomic E-state index is 13.3. The van der Waals surface area contributed by atoms with E-state index in [0.717, 1.165) is 44.1 Å². The molecule has 7 heteroatoms. The second-order valence-electron chi connectivity index (χ2n) is 10.6. The Hall–Kier alpha value is -2.41. The van der Waals surface area contributed by atoms with Gasteiger partial charge in [-0.1, -0.05) is 46.5 Å². The minimum absolute atomic E-state index is 0.0574. The highest BCUT2D eigenvalue weighted by molar-refractivity contribution is 6.00. The molecule has 1 aromatic carbocycles. The number of hydrogen-bond acceptors (Lipinski definition) is 4. The summed E-state index contributed by atoms with van der Waals surface area (Å²) in [5.41, 5.74) is 1.77. The molecule has 1 aromatic rings. The third-order valence-corrected chi connectivity index (χ3v) is 7.19. The van der Waals surface area contributed by atoms with Crippen molar-refractivity contribution < 1.29 is 19.5 Å². The van der Waals surface area contributed by atoms with E-state index in [0.29, 0.717) is 43.1 Å². The van der Waals surface area contributed by atoms with Crippen LogP contribution in [0.2, 0.25) is 0 Å². The van der Waals surface area contributed by atoms with Gasteiger partial charge in [-0.2, -0.15) is 0 Å². The first-order valence-corrected chi connectivity index (χ1v) is 13.8. The summed E-state index contributed by atoms with van der Waals surface area (Å²) in [5.74, 6) is -0.481. The molecule has 0 saturated carbocycles. The zero-order valence-corrected chi connectivity index (χ0v) is 22.9. The summed E-state index contributed by atoms with van der Waals surface area (Å²) in [6.45, 7) is 11.9. The molecule has 36 heavy (non-hydrogen) atoms. The highest BCUT2D eigenvalue weighted by atomic mass is 16.3. The lowest BCUT2D eigenvalue weighted by atomic mass is 9.89. The number of unbranched alkanes of at least 4 members (excludes halogenated alkanes) is 1. The van der Waals surface area contributed by atoms with Gasteiger partial charge in [0.05, 0.1) is 12.1 Å². The maximum absolute atomic E-state index is 13.3. The van der Waals surface area contributed by atoms with Crippen LogP contribution in [0.25, 0.3) is 0 Å². The number of amides is 3. The predicted octanol–water partition coefficient (Wildman–Crippen LogP) is 4.46. The van der Waals surface area contributed by atoms with Crippen LogP contribution in [-0.4, -0.2) is 59.5 Å². The molecule has 2 rings (SSSR count). The summed E-state index contributed by atoms with van der Waals surface area (Å²) < 4.78 is 0. The van der Waals surface area contributed by atoms with Crippen LogP contribution in [0, 0.1) is 18.8 Å². The van der Waals surface area contributed by atoms with Gasteiger partial charge in [-0.05, 0) is 69.2 Å². The molecule has 0 radical (unpaired) electrons. The lowest BCUT2D eigenvalue weighted by molar-refractivity contribution is -0.125. The number of rotatable bonds is 8. The number of aryl methyl sites for hydroxylation is 1. The summed E-state index contributed by atoms with van der Waals surface area (Å²) in [4.78, 5) is 40.8. The minimum Gasteiger partial charge on any atom is -0.391 e. The van der Waals surface area contributed by atoms with Crippen LogP contribution >= 0.6 is 0 Å². The molecule has 1 aliphatic heterocycles. The smallest absolute Gasteiger partial charge is 0.253 e. The van der Waals surface area contributed by atoms with Crippen molar-refractivity contribution in [3.8, 4) is 0 Å². The Morgan fingerprint density at radius 1 is 1.17 bits per heavy atom. The Kier molecular flexibility index (Phi) is 12.4. The zero-order chi connectivity index (χ0) is 26.7. The van der Waals surface area contributed by atoms with Crippen LogP contribution in [0.4, 0.5) is 0 Å². The van der Waals surface area contributed by atoms with Gasteiger partial charge in [-0.15, -0.1) is 0 Å². The van der Waals surface area contributed by atoms with E-state index in [2.05, 4.69) is 24.5 Å². The molecule has 3 N–H and O–H groups in total. The molecule has 7 nitrogen and oxygen atoms in total. The van der Waals surface area contributed by atoms with E-state index >= 15 is 0 Å². The maximum Gasteiger partial charge on any atom is 0.253 e. The molecular weight excluding hydrogens is 454 g/mol. The van der Waals surface area contributed by atoms with Gasteiger partial charge in [0.25, 0.3) is 11.8 Å². The van der Waals surface area contributed by atoms with Crippen molar-refractivity contribution >= 4 is 17.7 Å². The average Bonchev–Trinajstić information content (AvgIpc) is 2.84. The van der Waals surface area contributed by atoms with E-state index in [1.807, 2.05) is 31.7 Å². The number of benzene rings is 1. The lowest BCUT2D eigenvalue weighted by Crippen LogP contribution is -2.46. The van der Waals surface area contributed by atoms with E-state index in [9.17, 15) is 19.5 Å². The topological polar surface area (TPSA) is 98.7 Å². The van der Waals surface area contributed by atoms with Gasteiger partial charge in [0.1, 0.15) is 0 Å². The Morgan fingerprint density at radius 3 is 2.58 bits per heavy atom. The number of aliphatic hydroxyl groups is 1. The van der Waals surface area contributed by atoms with Gasteiger partial charge in [-0.25, -0.2) is 0 Å². The Bertz CT molecular complexity index is 872. The SMILES string of the molecule is CCCCNC(=O)C(C)CC(O)[C@@H]1C[C@H](C)CCCCCN(CC)C(=O)c2cc(C)cc(c2)C(=O)N1. The summed E-state index contributed by atoms with van der Waals surface area (Å²) in [6, 6.07) is 4.78. The molecule has 0 aromatic heterocycles. The van der Waals surface area contributed by atoms with Gasteiger partial charge in [0, 0.05) is 36.7 Å². The van der Waals surface area contributed by atoms with E-state index in [1.165, 1.54) is 0 Å². The number of hydrogen-bond donors (Lipinski definition) is 3. The molecule has 1 heterocycles. The molecule has 0 spiro atoms. The molecule has 2 unspecified atom stereocenters. The van der Waals surface area contributed by atoms with Gasteiger partial charge >= 0.3 is 0 Å². The molecule has 0 saturated heterocycles. The second-order valence-corrected chi connectivity index (χ2v) is 10.6. The third-order valence-electron chi connectivity index (χ3n) is 7.19. The fourth-order valence-corrected chi connectivity index (χ4v) is 4.91. The third kappa shape index (κ3) is 9.23. The average molecular weight is 502 g/mol. The van der Waals surface area contributed by atoms with Gasteiger partial charge in [-0.3, -0.25) is 14.4 Å². The van der Waals surface area contributed by atoms with Crippen molar-refractivity contribution in [3.05, 3.63) is 34.9 Å². The van der Waals surface area contributed by atoms with Crippen LogP contribution in [0.3, 0.4) is 0 Å². The molecule has 202 valence electrons. The standard InChI is InChI=1S/C29H47N3O4/c1-6-8-13-30-27(34)22(5)18-26(33)25-17-20(3)12-10-9-11-14-32(7-2)29(36)24-16-21(4)15-23(19-24)28(35)31-25/h15-16,19-20,22,25-26,33H,6-14,17-18H2,1-5H3,(H,30,34)(H,31,35)/t20-,22?,25+,26?/m1/s1. The summed E-state index contributed by atoms with van der Waals surface area (Å²) in [5, 5.41) is 17.1.